The van der Waals surface area contributed by atoms with E-state index in [1.165, 1.54) is 12.1 Å². The minimum atomic E-state index is -0.558. The van der Waals surface area contributed by atoms with E-state index in [1.54, 1.807) is 18.2 Å². The van der Waals surface area contributed by atoms with Crippen molar-refractivity contribution in [2.75, 3.05) is 0 Å². The summed E-state index contributed by atoms with van der Waals surface area (Å²) in [6, 6.07) is 9.71. The topological polar surface area (TPSA) is 73.8 Å². The second-order valence-electron chi connectivity index (χ2n) is 4.13. The van der Waals surface area contributed by atoms with Crippen molar-refractivity contribution in [1.29, 1.82) is 0 Å². The lowest BCUT2D eigenvalue weighted by molar-refractivity contribution is 0.368. The van der Waals surface area contributed by atoms with Gasteiger partial charge in [-0.1, -0.05) is 23.7 Å². The monoisotopic (exact) mass is 276 g/mol. The van der Waals surface area contributed by atoms with Crippen molar-refractivity contribution >= 4 is 22.6 Å². The van der Waals surface area contributed by atoms with Crippen LogP contribution < -0.4 is 0 Å². The van der Waals surface area contributed by atoms with Gasteiger partial charge in [-0.25, -0.2) is 0 Å². The third-order valence-electron chi connectivity index (χ3n) is 2.85. The maximum atomic E-state index is 9.49. The van der Waals surface area contributed by atoms with Crippen LogP contribution in [0.15, 0.2) is 40.8 Å². The highest BCUT2D eigenvalue weighted by Gasteiger charge is 2.13. The van der Waals surface area contributed by atoms with Gasteiger partial charge in [0.15, 0.2) is 22.8 Å². The number of benzene rings is 2. The molecular formula is C14H9ClO4. The molecule has 3 rings (SSSR count). The maximum absolute atomic E-state index is 9.49. The Bertz CT molecular complexity index is 753. The fourth-order valence-electron chi connectivity index (χ4n) is 1.92. The predicted molar refractivity (Wildman–Crippen MR) is 71.7 cm³/mol. The number of para-hydroxylation sites is 1. The normalized spacial score (nSPS) is 11.0. The van der Waals surface area contributed by atoms with Crippen LogP contribution in [-0.2, 0) is 0 Å². The van der Waals surface area contributed by atoms with Crippen LogP contribution >= 0.6 is 11.6 Å². The molecule has 0 fully saturated rings. The molecule has 0 saturated carbocycles. The van der Waals surface area contributed by atoms with Gasteiger partial charge in [0.2, 0.25) is 0 Å². The van der Waals surface area contributed by atoms with E-state index in [4.69, 9.17) is 16.0 Å². The van der Waals surface area contributed by atoms with Gasteiger partial charge in [-0.3, -0.25) is 0 Å². The molecule has 0 unspecified atom stereocenters. The fraction of sp³-hybridized carbons (Fsp3) is 0. The lowest BCUT2D eigenvalue weighted by Crippen LogP contribution is -1.76. The highest BCUT2D eigenvalue weighted by molar-refractivity contribution is 6.34. The molecule has 1 heterocycles. The van der Waals surface area contributed by atoms with Crippen molar-refractivity contribution < 1.29 is 19.7 Å². The van der Waals surface area contributed by atoms with Crippen LogP contribution in [0.1, 0.15) is 0 Å². The second-order valence-corrected chi connectivity index (χ2v) is 4.54. The number of furan rings is 1. The minimum absolute atomic E-state index is 0.415. The molecule has 0 aliphatic rings. The molecule has 5 heteroatoms. The van der Waals surface area contributed by atoms with Crippen LogP contribution in [0.5, 0.6) is 17.2 Å². The summed E-state index contributed by atoms with van der Waals surface area (Å²) in [5, 5.41) is 29.6. The van der Waals surface area contributed by atoms with Crippen LogP contribution in [0.3, 0.4) is 0 Å². The average molecular weight is 277 g/mol. The third kappa shape index (κ3) is 1.86. The van der Waals surface area contributed by atoms with Gasteiger partial charge in [-0.2, -0.15) is 0 Å². The Balaban J connectivity index is 2.22. The standard InChI is InChI=1S/C14H9ClO4/c15-9-3-1-2-7-6-12(19-14(7)9)8-4-10(16)13(18)11(17)5-8/h1-6,16-18H. The number of fused-ring (bicyclic) bond motifs is 1. The molecule has 0 aliphatic heterocycles. The highest BCUT2D eigenvalue weighted by atomic mass is 35.5. The lowest BCUT2D eigenvalue weighted by atomic mass is 10.1. The van der Waals surface area contributed by atoms with Gasteiger partial charge in [-0.15, -0.1) is 0 Å². The molecular weight excluding hydrogens is 268 g/mol. The first kappa shape index (κ1) is 11.7. The summed E-state index contributed by atoms with van der Waals surface area (Å²) in [5.41, 5.74) is 0.978. The summed E-state index contributed by atoms with van der Waals surface area (Å²) in [5.74, 6) is -0.949. The number of phenolic OH excluding ortho intramolecular Hbond substituents is 3. The smallest absolute Gasteiger partial charge is 0.200 e. The van der Waals surface area contributed by atoms with Crippen LogP contribution in [-0.4, -0.2) is 15.3 Å². The van der Waals surface area contributed by atoms with Gasteiger partial charge < -0.3 is 19.7 Å². The number of halogens is 1. The highest BCUT2D eigenvalue weighted by Crippen LogP contribution is 2.40. The summed E-state index contributed by atoms with van der Waals surface area (Å²) < 4.78 is 5.60. The van der Waals surface area contributed by atoms with Gasteiger partial charge >= 0.3 is 0 Å². The molecule has 19 heavy (non-hydrogen) atoms. The molecule has 0 aliphatic carbocycles. The van der Waals surface area contributed by atoms with E-state index in [1.807, 2.05) is 6.07 Å². The largest absolute Gasteiger partial charge is 0.504 e. The summed E-state index contributed by atoms with van der Waals surface area (Å²) in [6.45, 7) is 0. The zero-order valence-corrected chi connectivity index (χ0v) is 10.3. The molecule has 3 aromatic rings. The van der Waals surface area contributed by atoms with Gasteiger partial charge in [0.1, 0.15) is 5.76 Å². The number of hydrogen-bond acceptors (Lipinski definition) is 4. The van der Waals surface area contributed by atoms with E-state index in [2.05, 4.69) is 0 Å². The Kier molecular flexibility index (Phi) is 2.54. The Labute approximate surface area is 113 Å². The Morgan fingerprint density at radius 3 is 2.26 bits per heavy atom. The molecule has 0 bridgehead atoms. The first-order valence-electron chi connectivity index (χ1n) is 5.49. The summed E-state index contributed by atoms with van der Waals surface area (Å²) >= 11 is 6.01. The van der Waals surface area contributed by atoms with E-state index in [0.717, 1.165) is 5.39 Å². The van der Waals surface area contributed by atoms with Crippen molar-refractivity contribution in [3.05, 3.63) is 41.4 Å². The van der Waals surface area contributed by atoms with Gasteiger partial charge in [0.05, 0.1) is 5.02 Å². The molecule has 96 valence electrons. The maximum Gasteiger partial charge on any atom is 0.200 e. The fourth-order valence-corrected chi connectivity index (χ4v) is 2.14. The molecule has 3 N–H and O–H groups in total. The molecule has 2 aromatic carbocycles. The Morgan fingerprint density at radius 1 is 0.947 bits per heavy atom. The first-order chi connectivity index (χ1) is 9.06. The van der Waals surface area contributed by atoms with Crippen molar-refractivity contribution in [1.82, 2.24) is 0 Å². The van der Waals surface area contributed by atoms with Crippen LogP contribution in [0.4, 0.5) is 0 Å². The number of rotatable bonds is 1. The third-order valence-corrected chi connectivity index (χ3v) is 3.15. The van der Waals surface area contributed by atoms with E-state index in [0.29, 0.717) is 21.9 Å². The number of aromatic hydroxyl groups is 3. The van der Waals surface area contributed by atoms with E-state index < -0.39 is 17.2 Å². The van der Waals surface area contributed by atoms with Crippen LogP contribution in [0, 0.1) is 0 Å². The SMILES string of the molecule is Oc1cc(-c2cc3cccc(Cl)c3o2)cc(O)c1O. The van der Waals surface area contributed by atoms with Gasteiger partial charge in [0.25, 0.3) is 0 Å². The lowest BCUT2D eigenvalue weighted by Gasteiger charge is -2.03. The number of hydrogen-bond donors (Lipinski definition) is 3. The van der Waals surface area contributed by atoms with E-state index in [9.17, 15) is 15.3 Å². The minimum Gasteiger partial charge on any atom is -0.504 e. The van der Waals surface area contributed by atoms with Crippen molar-refractivity contribution in [3.8, 4) is 28.6 Å². The Morgan fingerprint density at radius 2 is 1.63 bits per heavy atom. The zero-order chi connectivity index (χ0) is 13.6. The molecule has 0 radical (unpaired) electrons. The van der Waals surface area contributed by atoms with Crippen molar-refractivity contribution in [2.45, 2.75) is 0 Å². The van der Waals surface area contributed by atoms with E-state index >= 15 is 0 Å². The zero-order valence-electron chi connectivity index (χ0n) is 9.59. The van der Waals surface area contributed by atoms with Crippen LogP contribution in [0.25, 0.3) is 22.3 Å². The van der Waals surface area contributed by atoms with Gasteiger partial charge in [0, 0.05) is 10.9 Å². The van der Waals surface area contributed by atoms with Gasteiger partial charge in [-0.05, 0) is 24.3 Å². The molecule has 1 aromatic heterocycles. The van der Waals surface area contributed by atoms with E-state index in [-0.39, 0.29) is 0 Å². The molecule has 0 saturated heterocycles. The van der Waals surface area contributed by atoms with Crippen molar-refractivity contribution in [3.63, 3.8) is 0 Å². The summed E-state index contributed by atoms with van der Waals surface area (Å²) in [4.78, 5) is 0. The van der Waals surface area contributed by atoms with Crippen molar-refractivity contribution in [2.24, 2.45) is 0 Å². The Hall–Kier alpha value is -2.33. The number of phenols is 3. The van der Waals surface area contributed by atoms with Crippen LogP contribution in [0.2, 0.25) is 5.02 Å². The quantitative estimate of drug-likeness (QED) is 0.590. The molecule has 0 spiro atoms. The molecule has 4 nitrogen and oxygen atoms in total. The summed E-state index contributed by atoms with van der Waals surface area (Å²) in [7, 11) is 0. The summed E-state index contributed by atoms with van der Waals surface area (Å²) in [6.07, 6.45) is 0. The molecule has 0 amide bonds. The predicted octanol–water partition coefficient (Wildman–Crippen LogP) is 3.87. The molecule has 0 atom stereocenters. The first-order valence-corrected chi connectivity index (χ1v) is 5.87. The second kappa shape index (κ2) is 4.10. The average Bonchev–Trinajstić information content (AvgIpc) is 2.81.